The molecule has 0 bridgehead atoms. The van der Waals surface area contributed by atoms with Crippen LogP contribution in [0.3, 0.4) is 0 Å². The lowest BCUT2D eigenvalue weighted by Crippen LogP contribution is -2.22. The van der Waals surface area contributed by atoms with Crippen LogP contribution in [0.5, 0.6) is 0 Å². The van der Waals surface area contributed by atoms with Crippen LogP contribution in [-0.4, -0.2) is 22.6 Å². The lowest BCUT2D eigenvalue weighted by atomic mass is 10.2. The third kappa shape index (κ3) is 3.40. The number of rotatable bonds is 4. The Balaban J connectivity index is 3.16. The van der Waals surface area contributed by atoms with Crippen molar-refractivity contribution in [2.24, 2.45) is 10.8 Å². The minimum Gasteiger partial charge on any atom is -0.478 e. The van der Waals surface area contributed by atoms with Crippen molar-refractivity contribution in [3.05, 3.63) is 28.5 Å². The summed E-state index contributed by atoms with van der Waals surface area (Å²) < 4.78 is 13.2. The van der Waals surface area contributed by atoms with E-state index in [2.05, 4.69) is 10.5 Å². The largest absolute Gasteiger partial charge is 0.478 e. The molecule has 0 aliphatic rings. The van der Waals surface area contributed by atoms with E-state index < -0.39 is 28.9 Å². The molecular formula is C10H7ClFN5O2. The minimum absolute atomic E-state index is 0.0329. The molecule has 0 saturated heterocycles. The highest BCUT2D eigenvalue weighted by Gasteiger charge is 2.14. The smallest absolute Gasteiger partial charge is 0.338 e. The highest BCUT2D eigenvalue weighted by Crippen LogP contribution is 2.25. The Hall–Kier alpha value is -2.66. The number of nitrogens with zero attached hydrogens (tertiary/aromatic N) is 2. The zero-order valence-corrected chi connectivity index (χ0v) is 9.99. The van der Waals surface area contributed by atoms with Gasteiger partial charge in [-0.1, -0.05) is 11.6 Å². The molecular weight excluding hydrogens is 277 g/mol. The molecule has 0 aromatic heterocycles. The van der Waals surface area contributed by atoms with Crippen molar-refractivity contribution in [3.8, 4) is 6.07 Å². The summed E-state index contributed by atoms with van der Waals surface area (Å²) >= 11 is 5.68. The van der Waals surface area contributed by atoms with E-state index in [-0.39, 0.29) is 10.7 Å². The van der Waals surface area contributed by atoms with Crippen molar-refractivity contribution in [1.29, 1.82) is 10.7 Å². The monoisotopic (exact) mass is 283 g/mol. The number of amidine groups is 1. The number of carboxylic acid groups (broad SMARTS) is 1. The van der Waals surface area contributed by atoms with Crippen LogP contribution >= 0.6 is 11.6 Å². The fraction of sp³-hybridized carbons (Fsp3) is 0. The molecule has 19 heavy (non-hydrogen) atoms. The number of halogens is 2. The van der Waals surface area contributed by atoms with E-state index >= 15 is 0 Å². The molecule has 0 saturated carbocycles. The highest BCUT2D eigenvalue weighted by molar-refractivity contribution is 6.46. The van der Waals surface area contributed by atoms with Crippen LogP contribution in [0.1, 0.15) is 10.4 Å². The number of hydrogen-bond donors (Lipinski definition) is 4. The highest BCUT2D eigenvalue weighted by atomic mass is 35.5. The quantitative estimate of drug-likeness (QED) is 0.376. The maximum absolute atomic E-state index is 13.2. The van der Waals surface area contributed by atoms with Crippen LogP contribution in [0.4, 0.5) is 10.1 Å². The van der Waals surface area contributed by atoms with Crippen molar-refractivity contribution >= 4 is 34.8 Å². The van der Waals surface area contributed by atoms with Crippen LogP contribution in [0.2, 0.25) is 5.02 Å². The van der Waals surface area contributed by atoms with Crippen molar-refractivity contribution in [2.45, 2.75) is 0 Å². The average molecular weight is 284 g/mol. The van der Waals surface area contributed by atoms with Gasteiger partial charge >= 0.3 is 5.97 Å². The molecule has 1 rings (SSSR count). The number of hydrogen-bond acceptors (Lipinski definition) is 5. The maximum Gasteiger partial charge on any atom is 0.338 e. The number of benzene rings is 1. The average Bonchev–Trinajstić information content (AvgIpc) is 2.31. The van der Waals surface area contributed by atoms with Gasteiger partial charge < -0.3 is 10.8 Å². The number of hydrazone groups is 1. The summed E-state index contributed by atoms with van der Waals surface area (Å²) in [6.45, 7) is 0. The summed E-state index contributed by atoms with van der Waals surface area (Å²) in [6, 6.07) is 3.25. The second-order valence-corrected chi connectivity index (χ2v) is 3.62. The minimum atomic E-state index is -1.48. The molecule has 0 unspecified atom stereocenters. The number of aromatic carboxylic acids is 1. The van der Waals surface area contributed by atoms with Gasteiger partial charge in [-0.3, -0.25) is 10.8 Å². The van der Waals surface area contributed by atoms with E-state index in [9.17, 15) is 9.18 Å². The zero-order chi connectivity index (χ0) is 14.6. The second-order valence-electron chi connectivity index (χ2n) is 3.21. The normalized spacial score (nSPS) is 10.7. The molecule has 1 aromatic rings. The van der Waals surface area contributed by atoms with Gasteiger partial charge in [0.1, 0.15) is 11.9 Å². The molecule has 1 aromatic carbocycles. The topological polar surface area (TPSA) is 135 Å². The molecule has 0 radical (unpaired) electrons. The van der Waals surface area contributed by atoms with Gasteiger partial charge in [-0.2, -0.15) is 10.4 Å². The summed E-state index contributed by atoms with van der Waals surface area (Å²) in [5.74, 6) is -3.06. The third-order valence-corrected chi connectivity index (χ3v) is 2.25. The summed E-state index contributed by atoms with van der Waals surface area (Å²) in [4.78, 5) is 10.7. The summed E-state index contributed by atoms with van der Waals surface area (Å²) in [6.07, 6.45) is 0. The molecule has 0 aliphatic carbocycles. The number of nitrogens with two attached hydrogens (primary N) is 1. The van der Waals surface area contributed by atoms with Gasteiger partial charge in [-0.25, -0.2) is 9.18 Å². The van der Waals surface area contributed by atoms with Crippen LogP contribution in [0, 0.1) is 22.6 Å². The Morgan fingerprint density at radius 3 is 2.74 bits per heavy atom. The lowest BCUT2D eigenvalue weighted by molar-refractivity contribution is 0.0692. The first-order valence-corrected chi connectivity index (χ1v) is 5.05. The van der Waals surface area contributed by atoms with Gasteiger partial charge in [0.2, 0.25) is 5.71 Å². The lowest BCUT2D eigenvalue weighted by Gasteiger charge is -2.06. The predicted molar refractivity (Wildman–Crippen MR) is 67.0 cm³/mol. The van der Waals surface area contributed by atoms with Crippen LogP contribution in [0.15, 0.2) is 17.2 Å². The van der Waals surface area contributed by atoms with Gasteiger partial charge in [-0.15, -0.1) is 0 Å². The molecule has 0 fully saturated rings. The zero-order valence-electron chi connectivity index (χ0n) is 9.24. The Morgan fingerprint density at radius 2 is 2.26 bits per heavy atom. The number of nitrogens with one attached hydrogen (secondary N) is 2. The standard InChI is InChI=1S/C10H7ClFN5O2/c11-5-2-6(12)4(10(18)19)1-7(5)16-17-8(3-13)9(14)15/h1-2,16H,(H3,14,15)(H,18,19)/b17-8+. The number of carbonyl (C=O) groups is 1. The van der Waals surface area contributed by atoms with E-state index in [4.69, 9.17) is 33.1 Å². The van der Waals surface area contributed by atoms with E-state index in [1.165, 1.54) is 0 Å². The van der Waals surface area contributed by atoms with Gasteiger partial charge in [0.05, 0.1) is 16.3 Å². The summed E-state index contributed by atoms with van der Waals surface area (Å²) in [5.41, 5.74) is 6.24. The number of nitriles is 1. The molecule has 9 heteroatoms. The van der Waals surface area contributed by atoms with E-state index in [0.717, 1.165) is 12.1 Å². The van der Waals surface area contributed by atoms with Gasteiger partial charge in [0.25, 0.3) is 0 Å². The molecule has 98 valence electrons. The summed E-state index contributed by atoms with van der Waals surface area (Å²) in [7, 11) is 0. The molecule has 0 spiro atoms. The van der Waals surface area contributed by atoms with Gasteiger partial charge in [0, 0.05) is 0 Å². The van der Waals surface area contributed by atoms with E-state index in [1.807, 2.05) is 0 Å². The Labute approximate surface area is 111 Å². The first-order valence-electron chi connectivity index (χ1n) is 4.67. The third-order valence-electron chi connectivity index (χ3n) is 1.94. The predicted octanol–water partition coefficient (Wildman–Crippen LogP) is 1.40. The first-order chi connectivity index (χ1) is 8.86. The number of carboxylic acids is 1. The summed E-state index contributed by atoms with van der Waals surface area (Å²) in [5, 5.41) is 27.7. The SMILES string of the molecule is N#C/C(=N\Nc1cc(C(=O)O)c(F)cc1Cl)C(=N)N. The maximum atomic E-state index is 13.2. The van der Waals surface area contributed by atoms with Gasteiger partial charge in [0.15, 0.2) is 5.84 Å². The van der Waals surface area contributed by atoms with E-state index in [1.54, 1.807) is 6.07 Å². The fourth-order valence-electron chi connectivity index (χ4n) is 1.06. The molecule has 0 heterocycles. The van der Waals surface area contributed by atoms with Crippen LogP contribution < -0.4 is 11.2 Å². The fourth-order valence-corrected chi connectivity index (χ4v) is 1.25. The van der Waals surface area contributed by atoms with Crippen molar-refractivity contribution in [3.63, 3.8) is 0 Å². The molecule has 0 amide bonds. The van der Waals surface area contributed by atoms with Crippen LogP contribution in [0.25, 0.3) is 0 Å². The van der Waals surface area contributed by atoms with Gasteiger partial charge in [-0.05, 0) is 12.1 Å². The van der Waals surface area contributed by atoms with Crippen LogP contribution in [-0.2, 0) is 0 Å². The molecule has 7 nitrogen and oxygen atoms in total. The van der Waals surface area contributed by atoms with Crippen molar-refractivity contribution in [1.82, 2.24) is 0 Å². The molecule has 5 N–H and O–H groups in total. The first kappa shape index (κ1) is 14.4. The van der Waals surface area contributed by atoms with Crippen molar-refractivity contribution < 1.29 is 14.3 Å². The molecule has 0 aliphatic heterocycles. The van der Waals surface area contributed by atoms with E-state index in [0.29, 0.717) is 0 Å². The Kier molecular flexibility index (Phi) is 4.39. The second kappa shape index (κ2) is 5.79. The Bertz CT molecular complexity index is 623. The molecule has 0 atom stereocenters. The number of anilines is 1. The Morgan fingerprint density at radius 1 is 1.63 bits per heavy atom. The van der Waals surface area contributed by atoms with Crippen molar-refractivity contribution in [2.75, 3.05) is 5.43 Å².